The van der Waals surface area contributed by atoms with Crippen molar-refractivity contribution in [1.29, 1.82) is 0 Å². The number of ether oxygens (including phenoxy) is 1. The predicted octanol–water partition coefficient (Wildman–Crippen LogP) is 2.00. The zero-order valence-electron chi connectivity index (χ0n) is 12.7. The molecule has 1 aromatic heterocycles. The van der Waals surface area contributed by atoms with Gasteiger partial charge in [-0.25, -0.2) is 4.98 Å². The van der Waals surface area contributed by atoms with Gasteiger partial charge in [0.15, 0.2) is 5.16 Å². The molecule has 0 fully saturated rings. The molecule has 2 N–H and O–H groups in total. The van der Waals surface area contributed by atoms with Crippen LogP contribution in [0.3, 0.4) is 0 Å². The minimum atomic E-state index is -0.161. The smallest absolute Gasteiger partial charge is 0.254 e. The van der Waals surface area contributed by atoms with Crippen LogP contribution in [0, 0.1) is 0 Å². The SMILES string of the molecule is COc1cccc(NC(=O)CSc2nc3c(c(=O)[nH]2)CCC3)c1. The molecule has 0 atom stereocenters. The van der Waals surface area contributed by atoms with Crippen molar-refractivity contribution in [3.63, 3.8) is 0 Å². The van der Waals surface area contributed by atoms with Crippen molar-refractivity contribution < 1.29 is 9.53 Å². The van der Waals surface area contributed by atoms with Gasteiger partial charge in [-0.2, -0.15) is 0 Å². The maximum Gasteiger partial charge on any atom is 0.254 e. The number of amides is 1. The van der Waals surface area contributed by atoms with Crippen LogP contribution in [0.4, 0.5) is 5.69 Å². The molecule has 3 rings (SSSR count). The molecule has 0 saturated carbocycles. The maximum absolute atomic E-state index is 12.0. The molecule has 0 radical (unpaired) electrons. The Morgan fingerprint density at radius 1 is 1.43 bits per heavy atom. The van der Waals surface area contributed by atoms with Gasteiger partial charge in [-0.3, -0.25) is 9.59 Å². The summed E-state index contributed by atoms with van der Waals surface area (Å²) in [5.41, 5.74) is 2.24. The molecular formula is C16H17N3O3S. The van der Waals surface area contributed by atoms with E-state index >= 15 is 0 Å². The fourth-order valence-corrected chi connectivity index (χ4v) is 3.20. The van der Waals surface area contributed by atoms with Crippen LogP contribution < -0.4 is 15.6 Å². The summed E-state index contributed by atoms with van der Waals surface area (Å²) in [6.07, 6.45) is 2.59. The molecule has 0 saturated heterocycles. The number of thioether (sulfide) groups is 1. The summed E-state index contributed by atoms with van der Waals surface area (Å²) >= 11 is 1.23. The van der Waals surface area contributed by atoms with Gasteiger partial charge in [-0.15, -0.1) is 0 Å². The first-order valence-corrected chi connectivity index (χ1v) is 8.33. The highest BCUT2D eigenvalue weighted by Gasteiger charge is 2.17. The Morgan fingerprint density at radius 2 is 2.30 bits per heavy atom. The Kier molecular flexibility index (Phi) is 4.66. The van der Waals surface area contributed by atoms with Crippen LogP contribution in [-0.4, -0.2) is 28.7 Å². The van der Waals surface area contributed by atoms with E-state index in [1.807, 2.05) is 6.07 Å². The largest absolute Gasteiger partial charge is 0.497 e. The van der Waals surface area contributed by atoms with Gasteiger partial charge in [0, 0.05) is 17.3 Å². The highest BCUT2D eigenvalue weighted by atomic mass is 32.2. The first-order valence-electron chi connectivity index (χ1n) is 7.34. The summed E-state index contributed by atoms with van der Waals surface area (Å²) in [7, 11) is 1.58. The van der Waals surface area contributed by atoms with Gasteiger partial charge in [0.1, 0.15) is 5.75 Å². The van der Waals surface area contributed by atoms with E-state index in [1.54, 1.807) is 25.3 Å². The summed E-state index contributed by atoms with van der Waals surface area (Å²) < 4.78 is 5.12. The van der Waals surface area contributed by atoms with E-state index in [0.29, 0.717) is 16.6 Å². The molecule has 1 aliphatic rings. The summed E-state index contributed by atoms with van der Waals surface area (Å²) in [6.45, 7) is 0. The third kappa shape index (κ3) is 3.73. The third-order valence-corrected chi connectivity index (χ3v) is 4.49. The van der Waals surface area contributed by atoms with Crippen molar-refractivity contribution in [1.82, 2.24) is 9.97 Å². The van der Waals surface area contributed by atoms with Crippen molar-refractivity contribution in [2.75, 3.05) is 18.2 Å². The number of carbonyl (C=O) groups is 1. The molecule has 1 aromatic carbocycles. The molecule has 6 nitrogen and oxygen atoms in total. The molecule has 0 unspecified atom stereocenters. The summed E-state index contributed by atoms with van der Waals surface area (Å²) in [5, 5.41) is 3.29. The summed E-state index contributed by atoms with van der Waals surface area (Å²) in [5.74, 6) is 0.699. The van der Waals surface area contributed by atoms with E-state index in [4.69, 9.17) is 4.74 Å². The van der Waals surface area contributed by atoms with Crippen LogP contribution in [-0.2, 0) is 17.6 Å². The Balaban J connectivity index is 1.61. The van der Waals surface area contributed by atoms with Gasteiger partial charge < -0.3 is 15.0 Å². The monoisotopic (exact) mass is 331 g/mol. The van der Waals surface area contributed by atoms with Crippen LogP contribution in [0.25, 0.3) is 0 Å². The average molecular weight is 331 g/mol. The lowest BCUT2D eigenvalue weighted by molar-refractivity contribution is -0.113. The van der Waals surface area contributed by atoms with E-state index in [9.17, 15) is 9.59 Å². The number of methoxy groups -OCH3 is 1. The molecule has 1 aliphatic carbocycles. The topological polar surface area (TPSA) is 84.1 Å². The van der Waals surface area contributed by atoms with E-state index in [1.165, 1.54) is 11.8 Å². The zero-order valence-corrected chi connectivity index (χ0v) is 13.5. The minimum absolute atomic E-state index is 0.0804. The lowest BCUT2D eigenvalue weighted by Crippen LogP contribution is -2.17. The fraction of sp³-hybridized carbons (Fsp3) is 0.312. The predicted molar refractivity (Wildman–Crippen MR) is 89.2 cm³/mol. The van der Waals surface area contributed by atoms with Crippen molar-refractivity contribution in [3.8, 4) is 5.75 Å². The van der Waals surface area contributed by atoms with Crippen LogP contribution in [0.5, 0.6) is 5.75 Å². The minimum Gasteiger partial charge on any atom is -0.497 e. The van der Waals surface area contributed by atoms with Crippen LogP contribution in [0.2, 0.25) is 0 Å². The number of aromatic nitrogens is 2. The van der Waals surface area contributed by atoms with E-state index in [-0.39, 0.29) is 17.2 Å². The Morgan fingerprint density at radius 3 is 3.13 bits per heavy atom. The number of nitrogens with zero attached hydrogens (tertiary/aromatic N) is 1. The van der Waals surface area contributed by atoms with Crippen molar-refractivity contribution >= 4 is 23.4 Å². The number of nitrogens with one attached hydrogen (secondary N) is 2. The Bertz CT molecular complexity index is 788. The van der Waals surface area contributed by atoms with Crippen LogP contribution in [0.1, 0.15) is 17.7 Å². The van der Waals surface area contributed by atoms with Gasteiger partial charge in [-0.05, 0) is 31.4 Å². The number of aryl methyl sites for hydroxylation is 1. The van der Waals surface area contributed by atoms with Crippen molar-refractivity contribution in [2.24, 2.45) is 0 Å². The molecule has 0 spiro atoms. The van der Waals surface area contributed by atoms with Gasteiger partial charge in [0.25, 0.3) is 5.56 Å². The molecule has 1 heterocycles. The second-order valence-corrected chi connectivity index (χ2v) is 6.18. The summed E-state index contributed by atoms with van der Waals surface area (Å²) in [4.78, 5) is 31.1. The Hall–Kier alpha value is -2.28. The van der Waals surface area contributed by atoms with E-state index in [2.05, 4.69) is 15.3 Å². The first-order chi connectivity index (χ1) is 11.2. The fourth-order valence-electron chi connectivity index (χ4n) is 2.52. The van der Waals surface area contributed by atoms with Gasteiger partial charge >= 0.3 is 0 Å². The average Bonchev–Trinajstić information content (AvgIpc) is 3.02. The van der Waals surface area contributed by atoms with Crippen LogP contribution >= 0.6 is 11.8 Å². The molecular weight excluding hydrogens is 314 g/mol. The van der Waals surface area contributed by atoms with Gasteiger partial charge in [0.2, 0.25) is 5.91 Å². The number of hydrogen-bond donors (Lipinski definition) is 2. The van der Waals surface area contributed by atoms with Gasteiger partial charge in [-0.1, -0.05) is 17.8 Å². The molecule has 0 bridgehead atoms. The highest BCUT2D eigenvalue weighted by molar-refractivity contribution is 7.99. The number of H-pyrrole nitrogens is 1. The molecule has 1 amide bonds. The third-order valence-electron chi connectivity index (χ3n) is 3.61. The Labute approximate surface area is 137 Å². The second kappa shape index (κ2) is 6.87. The molecule has 23 heavy (non-hydrogen) atoms. The normalized spacial score (nSPS) is 12.7. The molecule has 2 aromatic rings. The quantitative estimate of drug-likeness (QED) is 0.647. The van der Waals surface area contributed by atoms with Crippen molar-refractivity contribution in [3.05, 3.63) is 45.9 Å². The lowest BCUT2D eigenvalue weighted by Gasteiger charge is -2.07. The maximum atomic E-state index is 12.0. The number of fused-ring (bicyclic) bond motifs is 1. The lowest BCUT2D eigenvalue weighted by atomic mass is 10.3. The number of carbonyl (C=O) groups excluding carboxylic acids is 1. The number of hydrogen-bond acceptors (Lipinski definition) is 5. The van der Waals surface area contributed by atoms with Gasteiger partial charge in [0.05, 0.1) is 18.6 Å². The van der Waals surface area contributed by atoms with E-state index in [0.717, 1.165) is 30.5 Å². The van der Waals surface area contributed by atoms with Crippen molar-refractivity contribution in [2.45, 2.75) is 24.4 Å². The standard InChI is InChI=1S/C16H17N3O3S/c1-22-11-5-2-4-10(8-11)17-14(20)9-23-16-18-13-7-3-6-12(13)15(21)19-16/h2,4-5,8H,3,6-7,9H2,1H3,(H,17,20)(H,18,19,21). The molecule has 0 aliphatic heterocycles. The zero-order chi connectivity index (χ0) is 16.2. The number of benzene rings is 1. The van der Waals surface area contributed by atoms with E-state index < -0.39 is 0 Å². The molecule has 120 valence electrons. The number of anilines is 1. The summed E-state index contributed by atoms with van der Waals surface area (Å²) in [6, 6.07) is 7.16. The highest BCUT2D eigenvalue weighted by Crippen LogP contribution is 2.20. The number of aromatic amines is 1. The first kappa shape index (κ1) is 15.6. The number of rotatable bonds is 5. The molecule has 7 heteroatoms. The van der Waals surface area contributed by atoms with Crippen LogP contribution in [0.15, 0.2) is 34.2 Å². The second-order valence-electron chi connectivity index (χ2n) is 5.22.